The molecule has 80 valence electrons. The van der Waals surface area contributed by atoms with Crippen molar-refractivity contribution in [3.63, 3.8) is 0 Å². The summed E-state index contributed by atoms with van der Waals surface area (Å²) in [5.41, 5.74) is 11.7. The number of guanidine groups is 1. The van der Waals surface area contributed by atoms with Crippen molar-refractivity contribution in [1.82, 2.24) is 5.32 Å². The fraction of sp³-hybridized carbons (Fsp3) is 0.111. The zero-order valence-corrected chi connectivity index (χ0v) is 8.32. The summed E-state index contributed by atoms with van der Waals surface area (Å²) in [6.45, 7) is 0. The van der Waals surface area contributed by atoms with Crippen LogP contribution in [0.15, 0.2) is 29.3 Å². The maximum Gasteiger partial charge on any atom is 0.318 e. The van der Waals surface area contributed by atoms with Gasteiger partial charge in [0.25, 0.3) is 0 Å². The van der Waals surface area contributed by atoms with Crippen molar-refractivity contribution in [1.29, 1.82) is 0 Å². The Hall–Kier alpha value is -2.24. The average Bonchev–Trinajstić information content (AvgIpc) is 2.17. The highest BCUT2D eigenvalue weighted by Gasteiger charge is 1.98. The maximum atomic E-state index is 11.0. The highest BCUT2D eigenvalue weighted by Crippen LogP contribution is 2.17. The minimum Gasteiger partial charge on any atom is -0.370 e. The van der Waals surface area contributed by atoms with Gasteiger partial charge in [0.2, 0.25) is 0 Å². The van der Waals surface area contributed by atoms with Gasteiger partial charge in [0, 0.05) is 12.7 Å². The van der Waals surface area contributed by atoms with Crippen LogP contribution in [-0.4, -0.2) is 19.0 Å². The van der Waals surface area contributed by atoms with E-state index in [1.165, 1.54) is 7.05 Å². The summed E-state index contributed by atoms with van der Waals surface area (Å²) in [7, 11) is 1.54. The first-order valence-corrected chi connectivity index (χ1v) is 4.30. The minimum atomic E-state index is -0.295. The van der Waals surface area contributed by atoms with Crippen LogP contribution >= 0.6 is 0 Å². The van der Waals surface area contributed by atoms with Crippen LogP contribution < -0.4 is 22.1 Å². The number of aliphatic imine (C=N–C) groups is 1. The smallest absolute Gasteiger partial charge is 0.318 e. The molecule has 0 aliphatic heterocycles. The van der Waals surface area contributed by atoms with Gasteiger partial charge in [0.15, 0.2) is 5.96 Å². The molecule has 0 fully saturated rings. The predicted octanol–water partition coefficient (Wildman–Crippen LogP) is 0.343. The Morgan fingerprint density at radius 2 is 2.13 bits per heavy atom. The number of carbonyl (C=O) groups excluding carboxylic acids is 1. The lowest BCUT2D eigenvalue weighted by atomic mass is 10.3. The van der Waals surface area contributed by atoms with Gasteiger partial charge in [0.1, 0.15) is 0 Å². The second-order valence-electron chi connectivity index (χ2n) is 2.79. The fourth-order valence-corrected chi connectivity index (χ4v) is 0.996. The number of anilines is 1. The van der Waals surface area contributed by atoms with E-state index in [-0.39, 0.29) is 12.0 Å². The summed E-state index contributed by atoms with van der Waals surface area (Å²) in [5.74, 6) is -0.0212. The molecule has 15 heavy (non-hydrogen) atoms. The molecule has 2 amide bonds. The maximum absolute atomic E-state index is 11.0. The van der Waals surface area contributed by atoms with Crippen LogP contribution in [-0.2, 0) is 0 Å². The monoisotopic (exact) mass is 207 g/mol. The number of amides is 2. The van der Waals surface area contributed by atoms with E-state index < -0.39 is 0 Å². The molecule has 0 heterocycles. The first-order chi connectivity index (χ1) is 7.11. The second kappa shape index (κ2) is 4.85. The number of rotatable bonds is 2. The Kier molecular flexibility index (Phi) is 3.50. The number of nitrogens with one attached hydrogen (secondary N) is 2. The summed E-state index contributed by atoms with van der Waals surface area (Å²) in [5, 5.41) is 5.04. The van der Waals surface area contributed by atoms with Gasteiger partial charge < -0.3 is 22.1 Å². The van der Waals surface area contributed by atoms with Crippen LogP contribution in [0.3, 0.4) is 0 Å². The Morgan fingerprint density at radius 1 is 1.40 bits per heavy atom. The second-order valence-corrected chi connectivity index (χ2v) is 2.79. The quantitative estimate of drug-likeness (QED) is 0.415. The number of nitrogens with two attached hydrogens (primary N) is 2. The molecule has 0 atom stereocenters. The summed E-state index contributed by atoms with van der Waals surface area (Å²) >= 11 is 0. The standard InChI is InChI=1S/C9H13N5O/c1-12-9(15)14-7-4-2-3-6(5-7)13-8(10)11/h2-5H,1H3,(H4,10,11,13)(H2,12,14,15). The molecule has 0 spiro atoms. The molecule has 0 aliphatic carbocycles. The van der Waals surface area contributed by atoms with E-state index in [2.05, 4.69) is 15.6 Å². The predicted molar refractivity (Wildman–Crippen MR) is 60.0 cm³/mol. The molecule has 0 aromatic heterocycles. The fourth-order valence-electron chi connectivity index (χ4n) is 0.996. The Labute approximate surface area is 87.4 Å². The zero-order chi connectivity index (χ0) is 11.3. The first-order valence-electron chi connectivity index (χ1n) is 4.30. The highest BCUT2D eigenvalue weighted by atomic mass is 16.2. The molecule has 0 radical (unpaired) electrons. The molecule has 6 nitrogen and oxygen atoms in total. The van der Waals surface area contributed by atoms with Crippen LogP contribution in [0.4, 0.5) is 16.2 Å². The molecule has 6 N–H and O–H groups in total. The number of carbonyl (C=O) groups is 1. The minimum absolute atomic E-state index is 0.0212. The van der Waals surface area contributed by atoms with Gasteiger partial charge in [-0.2, -0.15) is 0 Å². The van der Waals surface area contributed by atoms with E-state index in [1.54, 1.807) is 24.3 Å². The van der Waals surface area contributed by atoms with Crippen LogP contribution in [0.2, 0.25) is 0 Å². The number of benzene rings is 1. The SMILES string of the molecule is CNC(=O)Nc1cccc(N=C(N)N)c1. The highest BCUT2D eigenvalue weighted by molar-refractivity contribution is 5.89. The molecule has 0 aliphatic rings. The lowest BCUT2D eigenvalue weighted by molar-refractivity contribution is 0.254. The van der Waals surface area contributed by atoms with E-state index in [1.807, 2.05) is 0 Å². The van der Waals surface area contributed by atoms with E-state index in [0.29, 0.717) is 11.4 Å². The largest absolute Gasteiger partial charge is 0.370 e. The van der Waals surface area contributed by atoms with Gasteiger partial charge in [-0.05, 0) is 18.2 Å². The molecule has 6 heteroatoms. The van der Waals surface area contributed by atoms with Gasteiger partial charge in [-0.15, -0.1) is 0 Å². The van der Waals surface area contributed by atoms with Gasteiger partial charge >= 0.3 is 6.03 Å². The van der Waals surface area contributed by atoms with Crippen molar-refractivity contribution in [2.24, 2.45) is 16.5 Å². The van der Waals surface area contributed by atoms with Crippen molar-refractivity contribution in [2.75, 3.05) is 12.4 Å². The number of nitrogens with zero attached hydrogens (tertiary/aromatic N) is 1. The van der Waals surface area contributed by atoms with Gasteiger partial charge in [-0.3, -0.25) is 0 Å². The van der Waals surface area contributed by atoms with Crippen LogP contribution in [0, 0.1) is 0 Å². The number of urea groups is 1. The van der Waals surface area contributed by atoms with Crippen molar-refractivity contribution in [2.45, 2.75) is 0 Å². The van der Waals surface area contributed by atoms with Crippen LogP contribution in [0.1, 0.15) is 0 Å². The van der Waals surface area contributed by atoms with Gasteiger partial charge in [-0.1, -0.05) is 6.07 Å². The molecule has 0 saturated heterocycles. The van der Waals surface area contributed by atoms with Gasteiger partial charge in [-0.25, -0.2) is 9.79 Å². The van der Waals surface area contributed by atoms with E-state index in [9.17, 15) is 4.79 Å². The summed E-state index contributed by atoms with van der Waals surface area (Å²) in [4.78, 5) is 14.9. The lowest BCUT2D eigenvalue weighted by Gasteiger charge is -2.04. The zero-order valence-electron chi connectivity index (χ0n) is 8.32. The Balaban J connectivity index is 2.83. The van der Waals surface area contributed by atoms with Crippen molar-refractivity contribution in [3.8, 4) is 0 Å². The summed E-state index contributed by atoms with van der Waals surface area (Å²) in [6.07, 6.45) is 0. The van der Waals surface area contributed by atoms with Crippen LogP contribution in [0.25, 0.3) is 0 Å². The molecule has 0 bridgehead atoms. The molecule has 1 aromatic carbocycles. The first kappa shape index (κ1) is 10.8. The van der Waals surface area contributed by atoms with Crippen LogP contribution in [0.5, 0.6) is 0 Å². The number of hydrogen-bond donors (Lipinski definition) is 4. The van der Waals surface area contributed by atoms with Crippen molar-refractivity contribution >= 4 is 23.4 Å². The molecular formula is C9H13N5O. The third kappa shape index (κ3) is 3.55. The molecule has 0 saturated carbocycles. The van der Waals surface area contributed by atoms with E-state index in [4.69, 9.17) is 11.5 Å². The lowest BCUT2D eigenvalue weighted by Crippen LogP contribution is -2.24. The summed E-state index contributed by atoms with van der Waals surface area (Å²) < 4.78 is 0. The van der Waals surface area contributed by atoms with Crippen molar-refractivity contribution < 1.29 is 4.79 Å². The molecule has 1 rings (SSSR count). The topological polar surface area (TPSA) is 106 Å². The molecule has 0 unspecified atom stereocenters. The van der Waals surface area contributed by atoms with Crippen molar-refractivity contribution in [3.05, 3.63) is 24.3 Å². The molecule has 1 aromatic rings. The van der Waals surface area contributed by atoms with E-state index >= 15 is 0 Å². The van der Waals surface area contributed by atoms with Gasteiger partial charge in [0.05, 0.1) is 5.69 Å². The average molecular weight is 207 g/mol. The van der Waals surface area contributed by atoms with E-state index in [0.717, 1.165) is 0 Å². The number of hydrogen-bond acceptors (Lipinski definition) is 2. The normalized spacial score (nSPS) is 9.13. The molecular weight excluding hydrogens is 194 g/mol. The third-order valence-corrected chi connectivity index (χ3v) is 1.59. The third-order valence-electron chi connectivity index (χ3n) is 1.59. The Bertz CT molecular complexity index is 384. The Morgan fingerprint density at radius 3 is 2.73 bits per heavy atom. The summed E-state index contributed by atoms with van der Waals surface area (Å²) in [6, 6.07) is 6.58.